The summed E-state index contributed by atoms with van der Waals surface area (Å²) >= 11 is 0. The SMILES string of the molecule is O=C(CCc1ccc(O)cc1)C1CCCC(Cc2ccc(O)cc2)C1=O. The minimum Gasteiger partial charge on any atom is -0.508 e. The summed E-state index contributed by atoms with van der Waals surface area (Å²) in [5.41, 5.74) is 2.00. The number of aromatic hydroxyl groups is 2. The first-order valence-electron chi connectivity index (χ1n) is 9.15. The molecule has 2 unspecified atom stereocenters. The van der Waals surface area contributed by atoms with Gasteiger partial charge >= 0.3 is 0 Å². The molecule has 1 saturated carbocycles. The molecule has 0 radical (unpaired) electrons. The molecule has 0 heterocycles. The van der Waals surface area contributed by atoms with Gasteiger partial charge in [-0.1, -0.05) is 30.7 Å². The highest BCUT2D eigenvalue weighted by Crippen LogP contribution is 2.30. The van der Waals surface area contributed by atoms with Crippen LogP contribution in [0.1, 0.15) is 36.8 Å². The predicted molar refractivity (Wildman–Crippen MR) is 99.1 cm³/mol. The van der Waals surface area contributed by atoms with E-state index in [0.717, 1.165) is 24.0 Å². The molecule has 0 aromatic heterocycles. The van der Waals surface area contributed by atoms with Crippen LogP contribution >= 0.6 is 0 Å². The summed E-state index contributed by atoms with van der Waals surface area (Å²) in [5.74, 6) is -0.0805. The number of carbonyl (C=O) groups excluding carboxylic acids is 2. The summed E-state index contributed by atoms with van der Waals surface area (Å²) in [6.07, 6.45) is 3.93. The molecule has 1 aliphatic carbocycles. The number of rotatable bonds is 6. The number of benzene rings is 2. The number of Topliss-reactive ketones (excluding diaryl/α,β-unsaturated/α-hetero) is 2. The van der Waals surface area contributed by atoms with Gasteiger partial charge in [-0.05, 0) is 61.1 Å². The van der Waals surface area contributed by atoms with Crippen molar-refractivity contribution in [3.05, 3.63) is 59.7 Å². The van der Waals surface area contributed by atoms with Gasteiger partial charge in [0.2, 0.25) is 0 Å². The predicted octanol–water partition coefficient (Wildman–Crippen LogP) is 3.83. The fourth-order valence-corrected chi connectivity index (χ4v) is 3.68. The van der Waals surface area contributed by atoms with Crippen LogP contribution in [0.4, 0.5) is 0 Å². The highest BCUT2D eigenvalue weighted by Gasteiger charge is 2.35. The summed E-state index contributed by atoms with van der Waals surface area (Å²) in [7, 11) is 0. The van der Waals surface area contributed by atoms with Gasteiger partial charge in [0, 0.05) is 12.3 Å². The van der Waals surface area contributed by atoms with E-state index in [1.54, 1.807) is 36.4 Å². The quantitative estimate of drug-likeness (QED) is 0.775. The van der Waals surface area contributed by atoms with E-state index in [1.807, 2.05) is 12.1 Å². The molecule has 4 heteroatoms. The van der Waals surface area contributed by atoms with E-state index in [0.29, 0.717) is 25.7 Å². The van der Waals surface area contributed by atoms with E-state index in [1.165, 1.54) is 0 Å². The second-order valence-corrected chi connectivity index (χ2v) is 7.09. The number of hydrogen-bond donors (Lipinski definition) is 2. The standard InChI is InChI=1S/C22H24O4/c23-18-9-4-15(5-10-18)8-13-21(25)20-3-1-2-17(22(20)26)14-16-6-11-19(24)12-7-16/h4-7,9-12,17,20,23-24H,1-3,8,13-14H2. The molecule has 0 saturated heterocycles. The van der Waals surface area contributed by atoms with Crippen LogP contribution in [0.5, 0.6) is 11.5 Å². The average Bonchev–Trinajstić information content (AvgIpc) is 2.64. The van der Waals surface area contributed by atoms with Crippen LogP contribution in [0.3, 0.4) is 0 Å². The number of ketones is 2. The molecule has 3 rings (SSSR count). The molecule has 2 aromatic rings. The van der Waals surface area contributed by atoms with Crippen LogP contribution in [-0.2, 0) is 22.4 Å². The Kier molecular flexibility index (Phi) is 5.71. The Morgan fingerprint density at radius 2 is 1.46 bits per heavy atom. The molecule has 0 aliphatic heterocycles. The average molecular weight is 352 g/mol. The Bertz CT molecular complexity index is 762. The fraction of sp³-hybridized carbons (Fsp3) is 0.364. The molecule has 1 fully saturated rings. The lowest BCUT2D eigenvalue weighted by Gasteiger charge is -2.27. The topological polar surface area (TPSA) is 74.6 Å². The van der Waals surface area contributed by atoms with Crippen molar-refractivity contribution in [2.45, 2.75) is 38.5 Å². The van der Waals surface area contributed by atoms with Gasteiger partial charge in [-0.2, -0.15) is 0 Å². The van der Waals surface area contributed by atoms with Gasteiger partial charge in [-0.3, -0.25) is 9.59 Å². The maximum absolute atomic E-state index is 12.8. The molecule has 0 amide bonds. The third kappa shape index (κ3) is 4.51. The normalized spacial score (nSPS) is 20.1. The molecule has 0 bridgehead atoms. The van der Waals surface area contributed by atoms with Crippen LogP contribution in [0, 0.1) is 11.8 Å². The molecule has 0 spiro atoms. The Balaban J connectivity index is 1.58. The first-order valence-corrected chi connectivity index (χ1v) is 9.15. The number of phenolic OH excluding ortho intramolecular Hbond substituents is 2. The summed E-state index contributed by atoms with van der Waals surface area (Å²) < 4.78 is 0. The van der Waals surface area contributed by atoms with Crippen molar-refractivity contribution in [2.75, 3.05) is 0 Å². The van der Waals surface area contributed by atoms with E-state index < -0.39 is 5.92 Å². The first kappa shape index (κ1) is 18.2. The number of hydrogen-bond acceptors (Lipinski definition) is 4. The van der Waals surface area contributed by atoms with Gasteiger partial charge in [-0.25, -0.2) is 0 Å². The van der Waals surface area contributed by atoms with Crippen LogP contribution in [0.2, 0.25) is 0 Å². The Morgan fingerprint density at radius 1 is 0.885 bits per heavy atom. The van der Waals surface area contributed by atoms with Crippen molar-refractivity contribution in [2.24, 2.45) is 11.8 Å². The van der Waals surface area contributed by atoms with E-state index >= 15 is 0 Å². The van der Waals surface area contributed by atoms with Crippen molar-refractivity contribution in [3.8, 4) is 11.5 Å². The van der Waals surface area contributed by atoms with Crippen LogP contribution in [0.25, 0.3) is 0 Å². The van der Waals surface area contributed by atoms with Crippen molar-refractivity contribution in [3.63, 3.8) is 0 Å². The van der Waals surface area contributed by atoms with E-state index in [2.05, 4.69) is 0 Å². The highest BCUT2D eigenvalue weighted by atomic mass is 16.3. The van der Waals surface area contributed by atoms with Crippen LogP contribution in [0.15, 0.2) is 48.5 Å². The lowest BCUT2D eigenvalue weighted by molar-refractivity contribution is -0.137. The molecule has 2 aromatic carbocycles. The second kappa shape index (κ2) is 8.17. The first-order chi connectivity index (χ1) is 12.5. The van der Waals surface area contributed by atoms with Gasteiger partial charge in [-0.15, -0.1) is 0 Å². The zero-order chi connectivity index (χ0) is 18.5. The molecule has 4 nitrogen and oxygen atoms in total. The minimum absolute atomic E-state index is 0.0264. The molecule has 136 valence electrons. The van der Waals surface area contributed by atoms with Crippen molar-refractivity contribution >= 4 is 11.6 Å². The minimum atomic E-state index is -0.483. The smallest absolute Gasteiger partial charge is 0.146 e. The lowest BCUT2D eigenvalue weighted by Crippen LogP contribution is -2.35. The summed E-state index contributed by atoms with van der Waals surface area (Å²) in [4.78, 5) is 25.4. The van der Waals surface area contributed by atoms with E-state index in [9.17, 15) is 19.8 Å². The molecule has 26 heavy (non-hydrogen) atoms. The molecule has 2 atom stereocenters. The van der Waals surface area contributed by atoms with Gasteiger partial charge in [0.25, 0.3) is 0 Å². The Hall–Kier alpha value is -2.62. The van der Waals surface area contributed by atoms with Gasteiger partial charge < -0.3 is 10.2 Å². The molecular weight excluding hydrogens is 328 g/mol. The van der Waals surface area contributed by atoms with Crippen molar-refractivity contribution < 1.29 is 19.8 Å². The van der Waals surface area contributed by atoms with Gasteiger partial charge in [0.05, 0.1) is 5.92 Å². The molecular formula is C22H24O4. The summed E-state index contributed by atoms with van der Waals surface area (Å²) in [6.45, 7) is 0. The molecule has 2 N–H and O–H groups in total. The summed E-state index contributed by atoms with van der Waals surface area (Å²) in [6, 6.07) is 13.7. The second-order valence-electron chi connectivity index (χ2n) is 7.09. The number of aryl methyl sites for hydroxylation is 1. The third-order valence-electron chi connectivity index (χ3n) is 5.19. The maximum atomic E-state index is 12.8. The van der Waals surface area contributed by atoms with Crippen molar-refractivity contribution in [1.29, 1.82) is 0 Å². The van der Waals surface area contributed by atoms with E-state index in [-0.39, 0.29) is 29.0 Å². The molecule has 1 aliphatic rings. The largest absolute Gasteiger partial charge is 0.508 e. The zero-order valence-electron chi connectivity index (χ0n) is 14.7. The Labute approximate surface area is 153 Å². The lowest BCUT2D eigenvalue weighted by atomic mass is 9.75. The number of carbonyl (C=O) groups is 2. The van der Waals surface area contributed by atoms with Crippen molar-refractivity contribution in [1.82, 2.24) is 0 Å². The Morgan fingerprint density at radius 3 is 2.08 bits per heavy atom. The highest BCUT2D eigenvalue weighted by molar-refractivity contribution is 6.03. The number of phenols is 2. The van der Waals surface area contributed by atoms with Crippen LogP contribution in [-0.4, -0.2) is 21.8 Å². The summed E-state index contributed by atoms with van der Waals surface area (Å²) in [5, 5.41) is 18.7. The fourth-order valence-electron chi connectivity index (χ4n) is 3.68. The van der Waals surface area contributed by atoms with E-state index in [4.69, 9.17) is 0 Å². The monoisotopic (exact) mass is 352 g/mol. The van der Waals surface area contributed by atoms with Gasteiger partial charge in [0.15, 0.2) is 0 Å². The zero-order valence-corrected chi connectivity index (χ0v) is 14.7. The van der Waals surface area contributed by atoms with Crippen LogP contribution < -0.4 is 0 Å². The third-order valence-corrected chi connectivity index (χ3v) is 5.19. The van der Waals surface area contributed by atoms with Gasteiger partial charge in [0.1, 0.15) is 23.1 Å². The maximum Gasteiger partial charge on any atom is 0.146 e.